The molecule has 0 fully saturated rings. The number of hydrogen-bond donors (Lipinski definition) is 1. The summed E-state index contributed by atoms with van der Waals surface area (Å²) in [5.74, 6) is 0.0796. The van der Waals surface area contributed by atoms with E-state index in [0.29, 0.717) is 12.2 Å². The van der Waals surface area contributed by atoms with Gasteiger partial charge in [-0.3, -0.25) is 4.79 Å². The molecule has 0 aliphatic heterocycles. The van der Waals surface area contributed by atoms with Crippen molar-refractivity contribution in [2.75, 3.05) is 11.9 Å². The van der Waals surface area contributed by atoms with E-state index in [0.717, 1.165) is 18.2 Å². The van der Waals surface area contributed by atoms with Gasteiger partial charge in [0.05, 0.1) is 5.69 Å². The number of halogens is 1. The first-order chi connectivity index (χ1) is 8.06. The van der Waals surface area contributed by atoms with Crippen LogP contribution in [0.25, 0.3) is 0 Å². The van der Waals surface area contributed by atoms with Crippen LogP contribution in [-0.4, -0.2) is 22.9 Å². The maximum atomic E-state index is 11.8. The van der Waals surface area contributed by atoms with Crippen LogP contribution in [0.4, 0.5) is 0 Å². The van der Waals surface area contributed by atoms with Crippen LogP contribution in [-0.2, 0) is 0 Å². The lowest BCUT2D eigenvalue weighted by molar-refractivity contribution is 0.0895. The van der Waals surface area contributed by atoms with Gasteiger partial charge in [-0.15, -0.1) is 0 Å². The molecule has 1 aromatic rings. The van der Waals surface area contributed by atoms with Crippen molar-refractivity contribution in [1.29, 1.82) is 0 Å². The first-order valence-electron chi connectivity index (χ1n) is 5.84. The molecule has 1 rings (SSSR count). The molecule has 0 atom stereocenters. The van der Waals surface area contributed by atoms with Crippen LogP contribution < -0.4 is 5.32 Å². The Kier molecular flexibility index (Phi) is 5.18. The van der Waals surface area contributed by atoms with Gasteiger partial charge >= 0.3 is 0 Å². The fourth-order valence-electron chi connectivity index (χ4n) is 1.56. The SMILES string of the molecule is CCC(CC)(CBr)CNC(=O)c1cc(C)no1. The Morgan fingerprint density at radius 2 is 2.18 bits per heavy atom. The molecule has 0 aromatic carbocycles. The summed E-state index contributed by atoms with van der Waals surface area (Å²) in [6.07, 6.45) is 2.04. The van der Waals surface area contributed by atoms with Crippen LogP contribution in [0.5, 0.6) is 0 Å². The summed E-state index contributed by atoms with van der Waals surface area (Å²) in [7, 11) is 0. The van der Waals surface area contributed by atoms with E-state index in [2.05, 4.69) is 40.3 Å². The normalized spacial score (nSPS) is 11.5. The second-order valence-electron chi connectivity index (χ2n) is 4.36. The number of carbonyl (C=O) groups excluding carboxylic acids is 1. The van der Waals surface area contributed by atoms with Crippen molar-refractivity contribution in [1.82, 2.24) is 10.5 Å². The molecule has 0 unspecified atom stereocenters. The Hall–Kier alpha value is -0.840. The third-order valence-electron chi connectivity index (χ3n) is 3.26. The Morgan fingerprint density at radius 3 is 2.59 bits per heavy atom. The third kappa shape index (κ3) is 3.56. The minimum Gasteiger partial charge on any atom is -0.351 e. The standard InChI is InChI=1S/C12H19BrN2O2/c1-4-12(5-2,7-13)8-14-11(16)10-6-9(3)15-17-10/h6H,4-5,7-8H2,1-3H3,(H,14,16). The molecule has 0 saturated heterocycles. The Labute approximate surface area is 110 Å². The first-order valence-corrected chi connectivity index (χ1v) is 6.96. The molecule has 0 aliphatic rings. The number of hydrogen-bond acceptors (Lipinski definition) is 3. The highest BCUT2D eigenvalue weighted by molar-refractivity contribution is 9.09. The van der Waals surface area contributed by atoms with Crippen molar-refractivity contribution in [3.05, 3.63) is 17.5 Å². The second kappa shape index (κ2) is 6.19. The lowest BCUT2D eigenvalue weighted by Gasteiger charge is -2.29. The van der Waals surface area contributed by atoms with Crippen molar-refractivity contribution in [2.24, 2.45) is 5.41 Å². The summed E-state index contributed by atoms with van der Waals surface area (Å²) in [6.45, 7) is 6.70. The molecule has 0 bridgehead atoms. The number of rotatable bonds is 6. The molecule has 1 N–H and O–H groups in total. The molecule has 4 nitrogen and oxygen atoms in total. The molecular formula is C12H19BrN2O2. The number of aromatic nitrogens is 1. The third-order valence-corrected chi connectivity index (χ3v) is 4.45. The largest absolute Gasteiger partial charge is 0.351 e. The van der Waals surface area contributed by atoms with Gasteiger partial charge < -0.3 is 9.84 Å². The lowest BCUT2D eigenvalue weighted by atomic mass is 9.84. The maximum Gasteiger partial charge on any atom is 0.289 e. The van der Waals surface area contributed by atoms with Gasteiger partial charge in [0.2, 0.25) is 5.76 Å². The molecular weight excluding hydrogens is 284 g/mol. The molecule has 5 heteroatoms. The van der Waals surface area contributed by atoms with E-state index in [9.17, 15) is 4.79 Å². The van der Waals surface area contributed by atoms with E-state index in [4.69, 9.17) is 4.52 Å². The van der Waals surface area contributed by atoms with E-state index >= 15 is 0 Å². The number of nitrogens with zero attached hydrogens (tertiary/aromatic N) is 1. The first kappa shape index (κ1) is 14.2. The minimum absolute atomic E-state index is 0.116. The summed E-state index contributed by atoms with van der Waals surface area (Å²) in [6, 6.07) is 1.64. The highest BCUT2D eigenvalue weighted by Crippen LogP contribution is 2.27. The van der Waals surface area contributed by atoms with Crippen LogP contribution in [0, 0.1) is 12.3 Å². The molecule has 17 heavy (non-hydrogen) atoms. The Morgan fingerprint density at radius 1 is 1.53 bits per heavy atom. The van der Waals surface area contributed by atoms with Gasteiger partial charge in [-0.25, -0.2) is 0 Å². The predicted octanol–water partition coefficient (Wildman–Crippen LogP) is 2.91. The van der Waals surface area contributed by atoms with Crippen LogP contribution in [0.2, 0.25) is 0 Å². The highest BCUT2D eigenvalue weighted by Gasteiger charge is 2.26. The van der Waals surface area contributed by atoms with E-state index in [1.54, 1.807) is 13.0 Å². The van der Waals surface area contributed by atoms with E-state index < -0.39 is 0 Å². The topological polar surface area (TPSA) is 55.1 Å². The second-order valence-corrected chi connectivity index (χ2v) is 4.92. The molecule has 1 aromatic heterocycles. The molecule has 0 spiro atoms. The number of amides is 1. The Bertz CT molecular complexity index is 364. The maximum absolute atomic E-state index is 11.8. The summed E-state index contributed by atoms with van der Waals surface area (Å²) < 4.78 is 4.92. The van der Waals surface area contributed by atoms with Crippen molar-refractivity contribution >= 4 is 21.8 Å². The Balaban J connectivity index is 2.58. The van der Waals surface area contributed by atoms with E-state index in [1.165, 1.54) is 0 Å². The van der Waals surface area contributed by atoms with Gasteiger partial charge in [0.1, 0.15) is 0 Å². The monoisotopic (exact) mass is 302 g/mol. The fraction of sp³-hybridized carbons (Fsp3) is 0.667. The predicted molar refractivity (Wildman–Crippen MR) is 70.4 cm³/mol. The molecule has 0 saturated carbocycles. The molecule has 0 radical (unpaired) electrons. The van der Waals surface area contributed by atoms with Gasteiger partial charge in [0.25, 0.3) is 5.91 Å². The summed E-state index contributed by atoms with van der Waals surface area (Å²) >= 11 is 3.52. The van der Waals surface area contributed by atoms with Crippen molar-refractivity contribution in [3.8, 4) is 0 Å². The minimum atomic E-state index is -0.196. The quantitative estimate of drug-likeness (QED) is 0.822. The zero-order valence-corrected chi connectivity index (χ0v) is 12.1. The van der Waals surface area contributed by atoms with Gasteiger partial charge in [0, 0.05) is 17.9 Å². The fourth-order valence-corrected chi connectivity index (χ4v) is 2.55. The molecule has 1 heterocycles. The average Bonchev–Trinajstić information content (AvgIpc) is 2.78. The van der Waals surface area contributed by atoms with Crippen LogP contribution in [0.15, 0.2) is 10.6 Å². The van der Waals surface area contributed by atoms with Crippen molar-refractivity contribution < 1.29 is 9.32 Å². The van der Waals surface area contributed by atoms with Crippen LogP contribution in [0.3, 0.4) is 0 Å². The average molecular weight is 303 g/mol. The number of aryl methyl sites for hydroxylation is 1. The molecule has 0 aliphatic carbocycles. The van der Waals surface area contributed by atoms with Gasteiger partial charge in [-0.2, -0.15) is 0 Å². The van der Waals surface area contributed by atoms with Crippen molar-refractivity contribution in [3.63, 3.8) is 0 Å². The van der Waals surface area contributed by atoms with Crippen LogP contribution >= 0.6 is 15.9 Å². The zero-order chi connectivity index (χ0) is 12.9. The van der Waals surface area contributed by atoms with Gasteiger partial charge in [-0.05, 0) is 25.2 Å². The summed E-state index contributed by atoms with van der Waals surface area (Å²) in [5, 5.41) is 7.48. The molecule has 1 amide bonds. The van der Waals surface area contributed by atoms with E-state index in [1.807, 2.05) is 0 Å². The number of alkyl halides is 1. The van der Waals surface area contributed by atoms with Crippen LogP contribution in [0.1, 0.15) is 42.9 Å². The smallest absolute Gasteiger partial charge is 0.289 e. The van der Waals surface area contributed by atoms with Gasteiger partial charge in [-0.1, -0.05) is 34.9 Å². The molecule has 96 valence electrons. The summed E-state index contributed by atoms with van der Waals surface area (Å²) in [4.78, 5) is 11.8. The zero-order valence-electron chi connectivity index (χ0n) is 10.5. The summed E-state index contributed by atoms with van der Waals surface area (Å²) in [5.41, 5.74) is 0.831. The number of nitrogens with one attached hydrogen (secondary N) is 1. The van der Waals surface area contributed by atoms with Gasteiger partial charge in [0.15, 0.2) is 0 Å². The van der Waals surface area contributed by atoms with Crippen molar-refractivity contribution in [2.45, 2.75) is 33.6 Å². The lowest BCUT2D eigenvalue weighted by Crippen LogP contribution is -2.38. The number of carbonyl (C=O) groups is 1. The highest BCUT2D eigenvalue weighted by atomic mass is 79.9. The van der Waals surface area contributed by atoms with E-state index in [-0.39, 0.29) is 17.1 Å².